The van der Waals surface area contributed by atoms with Crippen molar-refractivity contribution in [1.29, 1.82) is 0 Å². The smallest absolute Gasteiger partial charge is 0.232 e. The maximum atomic E-state index is 9.02. The second-order valence-electron chi connectivity index (χ2n) is 9.35. The number of nitrogens with one attached hydrogen (secondary N) is 3. The zero-order valence-corrected chi connectivity index (χ0v) is 21.3. The second kappa shape index (κ2) is 10.6. The number of fused-ring (bicyclic) bond motifs is 1. The minimum absolute atomic E-state index is 0.00565. The molecule has 3 aromatic heterocycles. The molecule has 0 saturated carbocycles. The van der Waals surface area contributed by atoms with E-state index in [0.717, 1.165) is 34.9 Å². The van der Waals surface area contributed by atoms with Crippen LogP contribution in [-0.4, -0.2) is 75.6 Å². The number of aliphatic hydroxyl groups excluding tert-OH is 1. The van der Waals surface area contributed by atoms with E-state index in [0.29, 0.717) is 48.7 Å². The molecule has 2 unspecified atom stereocenters. The Morgan fingerprint density at radius 2 is 2.11 bits per heavy atom. The van der Waals surface area contributed by atoms with Gasteiger partial charge in [0.1, 0.15) is 29.8 Å². The number of hydrogen-bond donors (Lipinski definition) is 4. The number of aromatic amines is 1. The summed E-state index contributed by atoms with van der Waals surface area (Å²) in [5, 5.41) is 20.6. The molecule has 5 heterocycles. The lowest BCUT2D eigenvalue weighted by atomic mass is 10.1. The molecule has 6 rings (SSSR count). The third-order valence-corrected chi connectivity index (χ3v) is 6.71. The molecule has 2 atom stereocenters. The van der Waals surface area contributed by atoms with Gasteiger partial charge in [-0.3, -0.25) is 10.00 Å². The normalized spacial score (nSPS) is 19.6. The monoisotopic (exact) mass is 521 g/mol. The van der Waals surface area contributed by atoms with Crippen LogP contribution in [-0.2, 0) is 16.5 Å². The fraction of sp³-hybridized carbons (Fsp3) is 0.423. The van der Waals surface area contributed by atoms with Crippen LogP contribution in [0.5, 0.6) is 11.6 Å². The zero-order chi connectivity index (χ0) is 26.1. The molecule has 0 bridgehead atoms. The fourth-order valence-corrected chi connectivity index (χ4v) is 4.72. The lowest BCUT2D eigenvalue weighted by Gasteiger charge is -2.23. The van der Waals surface area contributed by atoms with E-state index >= 15 is 0 Å². The molecule has 2 aliphatic heterocycles. The highest BCUT2D eigenvalue weighted by molar-refractivity contribution is 5.97. The first-order valence-electron chi connectivity index (χ1n) is 12.7. The number of H-pyrrole nitrogens is 1. The van der Waals surface area contributed by atoms with E-state index in [4.69, 9.17) is 34.0 Å². The van der Waals surface area contributed by atoms with Crippen molar-refractivity contribution in [3.05, 3.63) is 42.4 Å². The predicted octanol–water partition coefficient (Wildman–Crippen LogP) is 2.65. The molecular formula is C26H31N7O5. The summed E-state index contributed by atoms with van der Waals surface area (Å²) in [7, 11) is 3.50. The molecule has 1 aromatic carbocycles. The first kappa shape index (κ1) is 24.6. The number of epoxide rings is 1. The van der Waals surface area contributed by atoms with Crippen LogP contribution in [0.3, 0.4) is 0 Å². The number of hydrogen-bond acceptors (Lipinski definition) is 10. The van der Waals surface area contributed by atoms with E-state index in [2.05, 4.69) is 20.7 Å². The second-order valence-corrected chi connectivity index (χ2v) is 9.35. The largest absolute Gasteiger partial charge is 0.495 e. The van der Waals surface area contributed by atoms with Crippen LogP contribution < -0.4 is 20.1 Å². The molecule has 2 saturated heterocycles. The van der Waals surface area contributed by atoms with E-state index in [9.17, 15) is 0 Å². The van der Waals surface area contributed by atoms with Gasteiger partial charge in [0.15, 0.2) is 0 Å². The lowest BCUT2D eigenvalue weighted by Crippen LogP contribution is -2.26. The summed E-state index contributed by atoms with van der Waals surface area (Å²) < 4.78 is 25.1. The number of aromatic nitrogens is 5. The molecule has 2 fully saturated rings. The van der Waals surface area contributed by atoms with Gasteiger partial charge in [0.05, 0.1) is 44.2 Å². The Morgan fingerprint density at radius 3 is 2.87 bits per heavy atom. The van der Waals surface area contributed by atoms with E-state index in [1.807, 2.05) is 43.8 Å². The van der Waals surface area contributed by atoms with Crippen molar-refractivity contribution < 1.29 is 24.1 Å². The number of rotatable bonds is 10. The van der Waals surface area contributed by atoms with Gasteiger partial charge in [-0.15, -0.1) is 0 Å². The summed E-state index contributed by atoms with van der Waals surface area (Å²) in [6, 6.07) is 5.82. The first-order valence-corrected chi connectivity index (χ1v) is 12.7. The number of benzene rings is 1. The molecule has 38 heavy (non-hydrogen) atoms. The minimum Gasteiger partial charge on any atom is -0.495 e. The van der Waals surface area contributed by atoms with Crippen molar-refractivity contribution in [2.75, 3.05) is 38.8 Å². The number of anilines is 2. The van der Waals surface area contributed by atoms with Gasteiger partial charge in [0.2, 0.25) is 11.8 Å². The summed E-state index contributed by atoms with van der Waals surface area (Å²) in [4.78, 5) is 12.8. The number of aryl methyl sites for hydroxylation is 1. The van der Waals surface area contributed by atoms with Gasteiger partial charge in [-0.05, 0) is 17.7 Å². The van der Waals surface area contributed by atoms with E-state index in [-0.39, 0.29) is 25.0 Å². The number of aliphatic hydroxyl groups is 1. The molecular weight excluding hydrogens is 490 g/mol. The third kappa shape index (κ3) is 5.03. The average molecular weight is 522 g/mol. The Labute approximate surface area is 219 Å². The van der Waals surface area contributed by atoms with Crippen molar-refractivity contribution >= 4 is 22.7 Å². The zero-order valence-electron chi connectivity index (χ0n) is 21.3. The highest BCUT2D eigenvalue weighted by Gasteiger charge is 2.40. The van der Waals surface area contributed by atoms with Crippen LogP contribution in [0.2, 0.25) is 0 Å². The van der Waals surface area contributed by atoms with Gasteiger partial charge in [-0.1, -0.05) is 6.07 Å². The molecule has 0 amide bonds. The fourth-order valence-electron chi connectivity index (χ4n) is 4.72. The molecule has 200 valence electrons. The predicted molar refractivity (Wildman–Crippen MR) is 140 cm³/mol. The molecule has 4 aromatic rings. The average Bonchev–Trinajstić information content (AvgIpc) is 3.37. The number of ether oxygens (including phenoxy) is 4. The SMILES string of the molecule is COc1cc(C2OC2NCCO)ccc1Nc1nc(OC2CCOCC2)c2c(-c3cnn(C)c3)c[nH]c2n1. The number of nitrogens with zero attached hydrogens (tertiary/aromatic N) is 4. The summed E-state index contributed by atoms with van der Waals surface area (Å²) in [5.41, 5.74) is 4.23. The highest BCUT2D eigenvalue weighted by Crippen LogP contribution is 2.41. The molecule has 0 spiro atoms. The van der Waals surface area contributed by atoms with Crippen LogP contribution in [0.15, 0.2) is 36.8 Å². The van der Waals surface area contributed by atoms with E-state index in [1.54, 1.807) is 11.8 Å². The maximum Gasteiger partial charge on any atom is 0.232 e. The van der Waals surface area contributed by atoms with Crippen LogP contribution in [0.1, 0.15) is 24.5 Å². The summed E-state index contributed by atoms with van der Waals surface area (Å²) in [5.74, 6) is 1.52. The topological polar surface area (TPSA) is 144 Å². The van der Waals surface area contributed by atoms with Gasteiger partial charge in [-0.2, -0.15) is 15.1 Å². The summed E-state index contributed by atoms with van der Waals surface area (Å²) in [6.45, 7) is 1.87. The minimum atomic E-state index is -0.108. The maximum absolute atomic E-state index is 9.02. The van der Waals surface area contributed by atoms with Crippen molar-refractivity contribution in [2.45, 2.75) is 31.3 Å². The Bertz CT molecular complexity index is 1410. The summed E-state index contributed by atoms with van der Waals surface area (Å²) >= 11 is 0. The van der Waals surface area contributed by atoms with Crippen LogP contribution in [0.4, 0.5) is 11.6 Å². The van der Waals surface area contributed by atoms with Crippen molar-refractivity contribution in [3.8, 4) is 22.8 Å². The first-order chi connectivity index (χ1) is 18.6. The standard InChI is InChI=1S/C26H31N7O5/c1-33-14-16(12-29-33)18-13-28-23-21(18)24(37-17-5-9-36-10-6-17)32-26(31-23)30-19-4-3-15(11-20(19)35-2)22-25(38-22)27-7-8-34/h3-4,11-14,17,22,25,27,34H,5-10H2,1-2H3,(H2,28,30,31,32). The molecule has 0 radical (unpaired) electrons. The van der Waals surface area contributed by atoms with Crippen LogP contribution >= 0.6 is 0 Å². The number of methoxy groups -OCH3 is 1. The Morgan fingerprint density at radius 1 is 1.24 bits per heavy atom. The third-order valence-electron chi connectivity index (χ3n) is 6.71. The molecule has 0 aliphatic carbocycles. The van der Waals surface area contributed by atoms with E-state index < -0.39 is 0 Å². The molecule has 12 nitrogen and oxygen atoms in total. The molecule has 2 aliphatic rings. The van der Waals surface area contributed by atoms with Crippen molar-refractivity contribution in [3.63, 3.8) is 0 Å². The van der Waals surface area contributed by atoms with Crippen LogP contribution in [0.25, 0.3) is 22.2 Å². The molecule has 4 N–H and O–H groups in total. The lowest BCUT2D eigenvalue weighted by molar-refractivity contribution is 0.0244. The van der Waals surface area contributed by atoms with Gasteiger partial charge < -0.3 is 34.4 Å². The molecule has 12 heteroatoms. The van der Waals surface area contributed by atoms with Crippen molar-refractivity contribution in [2.24, 2.45) is 7.05 Å². The quantitative estimate of drug-likeness (QED) is 0.230. The van der Waals surface area contributed by atoms with Crippen LogP contribution in [0, 0.1) is 0 Å². The summed E-state index contributed by atoms with van der Waals surface area (Å²) in [6.07, 6.45) is 7.08. The Kier molecular flexibility index (Phi) is 6.85. The van der Waals surface area contributed by atoms with Gasteiger partial charge >= 0.3 is 0 Å². The van der Waals surface area contributed by atoms with Gasteiger partial charge in [0.25, 0.3) is 0 Å². The van der Waals surface area contributed by atoms with Gasteiger partial charge in [0, 0.05) is 50.0 Å². The Balaban J connectivity index is 1.31. The van der Waals surface area contributed by atoms with Gasteiger partial charge in [-0.25, -0.2) is 0 Å². The van der Waals surface area contributed by atoms with E-state index in [1.165, 1.54) is 0 Å². The van der Waals surface area contributed by atoms with Crippen molar-refractivity contribution in [1.82, 2.24) is 30.0 Å². The Hall–Kier alpha value is -3.71. The highest BCUT2D eigenvalue weighted by atomic mass is 16.6.